The zero-order chi connectivity index (χ0) is 12.1. The maximum Gasteiger partial charge on any atom is 0.237 e. The average molecular weight is 226 g/mol. The Labute approximate surface area is 99.4 Å². The van der Waals surface area contributed by atoms with Crippen molar-refractivity contribution in [2.24, 2.45) is 5.92 Å². The molecule has 0 aliphatic heterocycles. The van der Waals surface area contributed by atoms with E-state index < -0.39 is 0 Å². The van der Waals surface area contributed by atoms with Crippen molar-refractivity contribution in [2.45, 2.75) is 71.5 Å². The van der Waals surface area contributed by atoms with E-state index in [9.17, 15) is 4.79 Å². The molecule has 3 heteroatoms. The Morgan fingerprint density at radius 2 is 1.69 bits per heavy atom. The number of rotatable bonds is 5. The summed E-state index contributed by atoms with van der Waals surface area (Å²) < 4.78 is 0. The Morgan fingerprint density at radius 1 is 1.12 bits per heavy atom. The summed E-state index contributed by atoms with van der Waals surface area (Å²) in [5.74, 6) is 0.870. The van der Waals surface area contributed by atoms with Crippen molar-refractivity contribution in [3.63, 3.8) is 0 Å². The molecule has 1 unspecified atom stereocenters. The summed E-state index contributed by atoms with van der Waals surface area (Å²) in [7, 11) is 0. The summed E-state index contributed by atoms with van der Waals surface area (Å²) in [5.41, 5.74) is 0. The first-order valence-corrected chi connectivity index (χ1v) is 6.57. The van der Waals surface area contributed by atoms with Crippen LogP contribution in [-0.4, -0.2) is 24.0 Å². The van der Waals surface area contributed by atoms with Gasteiger partial charge in [0.05, 0.1) is 6.04 Å². The van der Waals surface area contributed by atoms with Crippen LogP contribution in [0, 0.1) is 5.92 Å². The second kappa shape index (κ2) is 6.24. The van der Waals surface area contributed by atoms with Gasteiger partial charge in [0, 0.05) is 12.1 Å². The van der Waals surface area contributed by atoms with Crippen molar-refractivity contribution in [1.82, 2.24) is 10.6 Å². The van der Waals surface area contributed by atoms with E-state index in [1.807, 2.05) is 20.8 Å². The van der Waals surface area contributed by atoms with E-state index >= 15 is 0 Å². The van der Waals surface area contributed by atoms with Gasteiger partial charge < -0.3 is 10.6 Å². The van der Waals surface area contributed by atoms with Crippen LogP contribution in [0.15, 0.2) is 0 Å². The molecule has 1 saturated carbocycles. The lowest BCUT2D eigenvalue weighted by molar-refractivity contribution is -0.123. The first kappa shape index (κ1) is 13.5. The molecule has 0 aromatic heterocycles. The van der Waals surface area contributed by atoms with Crippen LogP contribution in [0.2, 0.25) is 0 Å². The minimum Gasteiger partial charge on any atom is -0.353 e. The van der Waals surface area contributed by atoms with Crippen LogP contribution in [0.25, 0.3) is 0 Å². The number of hydrogen-bond acceptors (Lipinski definition) is 2. The van der Waals surface area contributed by atoms with Gasteiger partial charge in [-0.2, -0.15) is 0 Å². The van der Waals surface area contributed by atoms with Gasteiger partial charge in [-0.15, -0.1) is 0 Å². The summed E-state index contributed by atoms with van der Waals surface area (Å²) in [6.07, 6.45) is 5.33. The van der Waals surface area contributed by atoms with Crippen molar-refractivity contribution in [3.8, 4) is 0 Å². The first-order chi connectivity index (χ1) is 7.50. The maximum atomic E-state index is 11.7. The Balaban J connectivity index is 2.31. The van der Waals surface area contributed by atoms with E-state index in [-0.39, 0.29) is 18.0 Å². The summed E-state index contributed by atoms with van der Waals surface area (Å²) in [6.45, 7) is 8.13. The Hall–Kier alpha value is -0.570. The van der Waals surface area contributed by atoms with E-state index in [4.69, 9.17) is 0 Å². The predicted molar refractivity (Wildman–Crippen MR) is 67.3 cm³/mol. The molecule has 0 aromatic carbocycles. The molecule has 16 heavy (non-hydrogen) atoms. The number of carbonyl (C=O) groups is 1. The van der Waals surface area contributed by atoms with Crippen molar-refractivity contribution < 1.29 is 4.79 Å². The summed E-state index contributed by atoms with van der Waals surface area (Å²) in [4.78, 5) is 11.7. The maximum absolute atomic E-state index is 11.7. The molecule has 0 spiro atoms. The smallest absolute Gasteiger partial charge is 0.237 e. The molecule has 0 radical (unpaired) electrons. The lowest BCUT2D eigenvalue weighted by Gasteiger charge is -2.24. The quantitative estimate of drug-likeness (QED) is 0.753. The van der Waals surface area contributed by atoms with E-state index in [0.29, 0.717) is 6.04 Å². The van der Waals surface area contributed by atoms with Crippen LogP contribution in [0.1, 0.15) is 53.4 Å². The van der Waals surface area contributed by atoms with Crippen LogP contribution < -0.4 is 10.6 Å². The fourth-order valence-corrected chi connectivity index (χ4v) is 2.47. The highest BCUT2D eigenvalue weighted by Gasteiger charge is 2.24. The fraction of sp³-hybridized carbons (Fsp3) is 0.923. The second-order valence-corrected chi connectivity index (χ2v) is 5.38. The number of amides is 1. The highest BCUT2D eigenvalue weighted by Crippen LogP contribution is 2.27. The highest BCUT2D eigenvalue weighted by molar-refractivity contribution is 5.81. The molecule has 1 fully saturated rings. The molecule has 2 atom stereocenters. The Morgan fingerprint density at radius 3 is 2.19 bits per heavy atom. The molecule has 1 aliphatic rings. The molecule has 2 N–H and O–H groups in total. The van der Waals surface area contributed by atoms with Crippen LogP contribution in [0.3, 0.4) is 0 Å². The molecule has 1 rings (SSSR count). The summed E-state index contributed by atoms with van der Waals surface area (Å²) in [6, 6.07) is 0.590. The first-order valence-electron chi connectivity index (χ1n) is 6.57. The van der Waals surface area contributed by atoms with E-state index in [1.165, 1.54) is 25.7 Å². The molecule has 0 bridgehead atoms. The van der Waals surface area contributed by atoms with Crippen molar-refractivity contribution >= 4 is 5.91 Å². The lowest BCUT2D eigenvalue weighted by atomic mass is 9.99. The number of carbonyl (C=O) groups excluding carboxylic acids is 1. The second-order valence-electron chi connectivity index (χ2n) is 5.38. The zero-order valence-corrected chi connectivity index (χ0v) is 11.0. The number of hydrogen-bond donors (Lipinski definition) is 2. The van der Waals surface area contributed by atoms with Gasteiger partial charge >= 0.3 is 0 Å². The molecular formula is C13H26N2O. The number of nitrogens with one attached hydrogen (secondary N) is 2. The Bertz CT molecular complexity index is 222. The molecule has 1 amide bonds. The van der Waals surface area contributed by atoms with Gasteiger partial charge in [0.1, 0.15) is 0 Å². The third-order valence-corrected chi connectivity index (χ3v) is 3.44. The van der Waals surface area contributed by atoms with Crippen LogP contribution in [0.5, 0.6) is 0 Å². The van der Waals surface area contributed by atoms with E-state index in [2.05, 4.69) is 17.6 Å². The fourth-order valence-electron chi connectivity index (χ4n) is 2.47. The molecular weight excluding hydrogens is 200 g/mol. The highest BCUT2D eigenvalue weighted by atomic mass is 16.2. The third-order valence-electron chi connectivity index (χ3n) is 3.44. The standard InChI is InChI=1S/C13H26N2O/c1-9(2)14-13(16)11(4)15-10(3)12-7-5-6-8-12/h9-12,15H,5-8H2,1-4H3,(H,14,16)/t10-,11?/m1/s1. The molecule has 3 nitrogen and oxygen atoms in total. The molecule has 1 aliphatic carbocycles. The SMILES string of the molecule is CC(C)NC(=O)C(C)N[C@H](C)C1CCCC1. The van der Waals surface area contributed by atoms with E-state index in [0.717, 1.165) is 5.92 Å². The van der Waals surface area contributed by atoms with Gasteiger partial charge in [0.2, 0.25) is 5.91 Å². The van der Waals surface area contributed by atoms with Gasteiger partial charge in [0.15, 0.2) is 0 Å². The van der Waals surface area contributed by atoms with E-state index in [1.54, 1.807) is 0 Å². The minimum absolute atomic E-state index is 0.0852. The molecule has 0 aromatic rings. The van der Waals surface area contributed by atoms with Gasteiger partial charge in [-0.1, -0.05) is 12.8 Å². The largest absolute Gasteiger partial charge is 0.353 e. The normalized spacial score (nSPS) is 21.1. The topological polar surface area (TPSA) is 41.1 Å². The zero-order valence-electron chi connectivity index (χ0n) is 11.0. The van der Waals surface area contributed by atoms with Gasteiger partial charge in [-0.25, -0.2) is 0 Å². The molecule has 0 heterocycles. The summed E-state index contributed by atoms with van der Waals surface area (Å²) >= 11 is 0. The third kappa shape index (κ3) is 4.12. The van der Waals surface area contributed by atoms with Crippen LogP contribution >= 0.6 is 0 Å². The minimum atomic E-state index is -0.0852. The van der Waals surface area contributed by atoms with Crippen LogP contribution in [-0.2, 0) is 4.79 Å². The molecule has 94 valence electrons. The van der Waals surface area contributed by atoms with Crippen LogP contribution in [0.4, 0.5) is 0 Å². The van der Waals surface area contributed by atoms with Crippen molar-refractivity contribution in [1.29, 1.82) is 0 Å². The summed E-state index contributed by atoms with van der Waals surface area (Å²) in [5, 5.41) is 6.35. The van der Waals surface area contributed by atoms with Gasteiger partial charge in [-0.05, 0) is 46.5 Å². The van der Waals surface area contributed by atoms with Crippen molar-refractivity contribution in [2.75, 3.05) is 0 Å². The lowest BCUT2D eigenvalue weighted by Crippen LogP contribution is -2.49. The van der Waals surface area contributed by atoms with Gasteiger partial charge in [0.25, 0.3) is 0 Å². The molecule has 0 saturated heterocycles. The Kier molecular flexibility index (Phi) is 5.26. The van der Waals surface area contributed by atoms with Gasteiger partial charge in [-0.3, -0.25) is 4.79 Å². The average Bonchev–Trinajstić information content (AvgIpc) is 2.68. The monoisotopic (exact) mass is 226 g/mol. The predicted octanol–water partition coefficient (Wildman–Crippen LogP) is 2.07. The van der Waals surface area contributed by atoms with Crippen molar-refractivity contribution in [3.05, 3.63) is 0 Å².